The third-order valence-electron chi connectivity index (χ3n) is 10.7. The Morgan fingerprint density at radius 1 is 0.396 bits per heavy atom. The van der Waals surface area contributed by atoms with Gasteiger partial charge in [-0.05, 0) is 87.9 Å². The van der Waals surface area contributed by atoms with Gasteiger partial charge in [0.15, 0.2) is 0 Å². The van der Waals surface area contributed by atoms with Crippen molar-refractivity contribution in [1.82, 2.24) is 4.57 Å². The first-order chi connectivity index (χ1) is 26.3. The topological polar surface area (TPSA) is 21.3 Å². The van der Waals surface area contributed by atoms with Crippen LogP contribution in [0.3, 0.4) is 0 Å². The van der Waals surface area contributed by atoms with E-state index >= 15 is 0 Å². The normalized spacial score (nSPS) is 11.8. The van der Waals surface area contributed by atoms with Gasteiger partial charge in [-0.1, -0.05) is 133 Å². The number of hydrogen-bond donors (Lipinski definition) is 0. The molecule has 53 heavy (non-hydrogen) atoms. The number of aromatic nitrogens is 1. The van der Waals surface area contributed by atoms with E-state index in [0.29, 0.717) is 0 Å². The van der Waals surface area contributed by atoms with Gasteiger partial charge >= 0.3 is 0 Å². The average molecular weight is 677 g/mol. The van der Waals surface area contributed by atoms with Crippen LogP contribution in [-0.2, 0) is 0 Å². The molecule has 0 unspecified atom stereocenters. The lowest BCUT2D eigenvalue weighted by Gasteiger charge is -2.27. The van der Waals surface area contributed by atoms with Gasteiger partial charge in [0.1, 0.15) is 11.2 Å². The van der Waals surface area contributed by atoms with E-state index in [4.69, 9.17) is 4.42 Å². The van der Waals surface area contributed by atoms with Crippen LogP contribution in [0.4, 0.5) is 17.1 Å². The highest BCUT2D eigenvalue weighted by molar-refractivity contribution is 6.20. The molecule has 0 amide bonds. The Labute approximate surface area is 306 Å². The van der Waals surface area contributed by atoms with Crippen molar-refractivity contribution >= 4 is 82.4 Å². The van der Waals surface area contributed by atoms with Crippen LogP contribution in [0.15, 0.2) is 199 Å². The van der Waals surface area contributed by atoms with Crippen LogP contribution in [-0.4, -0.2) is 4.57 Å². The summed E-state index contributed by atoms with van der Waals surface area (Å²) in [4.78, 5) is 2.39. The van der Waals surface area contributed by atoms with Crippen molar-refractivity contribution < 1.29 is 4.42 Å². The number of anilines is 3. The summed E-state index contributed by atoms with van der Waals surface area (Å²) < 4.78 is 9.11. The van der Waals surface area contributed by atoms with Gasteiger partial charge in [-0.25, -0.2) is 0 Å². The van der Waals surface area contributed by atoms with Gasteiger partial charge < -0.3 is 13.9 Å². The zero-order valence-corrected chi connectivity index (χ0v) is 28.8. The highest BCUT2D eigenvalue weighted by Crippen LogP contribution is 2.46. The van der Waals surface area contributed by atoms with Crippen LogP contribution in [0.1, 0.15) is 0 Å². The number of rotatable bonds is 5. The number of benzene rings is 9. The Morgan fingerprint density at radius 3 is 1.92 bits per heavy atom. The van der Waals surface area contributed by atoms with Gasteiger partial charge in [0.25, 0.3) is 0 Å². The van der Waals surface area contributed by atoms with Crippen molar-refractivity contribution in [3.05, 3.63) is 194 Å². The van der Waals surface area contributed by atoms with Gasteiger partial charge in [0.05, 0.1) is 22.1 Å². The molecule has 0 aliphatic rings. The van der Waals surface area contributed by atoms with Crippen LogP contribution in [0.2, 0.25) is 0 Å². The third kappa shape index (κ3) is 4.68. The van der Waals surface area contributed by atoms with E-state index in [9.17, 15) is 0 Å². The molecule has 0 saturated heterocycles. The molecular formula is C50H32N2O. The van der Waals surface area contributed by atoms with Crippen LogP contribution >= 0.6 is 0 Å². The second kappa shape index (κ2) is 11.7. The summed E-state index contributed by atoms with van der Waals surface area (Å²) in [6.45, 7) is 0. The van der Waals surface area contributed by atoms with Gasteiger partial charge in [-0.3, -0.25) is 0 Å². The summed E-state index contributed by atoms with van der Waals surface area (Å²) in [5.74, 6) is 0. The predicted octanol–water partition coefficient (Wildman–Crippen LogP) is 14.1. The fourth-order valence-electron chi connectivity index (χ4n) is 8.27. The molecule has 0 radical (unpaired) electrons. The summed E-state index contributed by atoms with van der Waals surface area (Å²) in [6, 6.07) is 69.8. The van der Waals surface area contributed by atoms with Crippen LogP contribution in [0, 0.1) is 0 Å². The second-order valence-electron chi connectivity index (χ2n) is 13.7. The van der Waals surface area contributed by atoms with Crippen LogP contribution in [0.25, 0.3) is 82.1 Å². The van der Waals surface area contributed by atoms with Crippen molar-refractivity contribution in [1.29, 1.82) is 0 Å². The summed E-state index contributed by atoms with van der Waals surface area (Å²) in [5.41, 5.74) is 10.8. The lowest BCUT2D eigenvalue weighted by molar-refractivity contribution is 0.672. The molecule has 0 fully saturated rings. The van der Waals surface area contributed by atoms with Gasteiger partial charge in [-0.15, -0.1) is 0 Å². The molecule has 0 bridgehead atoms. The van der Waals surface area contributed by atoms with Gasteiger partial charge in [-0.2, -0.15) is 0 Å². The standard InChI is InChI=1S/C50H32N2O/c1-2-11-33(12-3-1)35-21-25-38(26-22-35)51(46-19-10-20-48-49(46)44-29-24-36-14-6-7-16-41(36)50(44)53-48)40-28-30-43-42-17-8-9-18-45(42)52(47(43)32-40)39-27-23-34-13-4-5-15-37(34)31-39/h1-32H. The second-order valence-corrected chi connectivity index (χ2v) is 13.7. The largest absolute Gasteiger partial charge is 0.455 e. The number of para-hydroxylation sites is 1. The molecule has 9 aromatic carbocycles. The highest BCUT2D eigenvalue weighted by atomic mass is 16.3. The predicted molar refractivity (Wildman–Crippen MR) is 223 cm³/mol. The molecule has 0 spiro atoms. The quantitative estimate of drug-likeness (QED) is 0.181. The molecule has 0 saturated carbocycles. The fourth-order valence-corrected chi connectivity index (χ4v) is 8.27. The molecule has 0 N–H and O–H groups in total. The summed E-state index contributed by atoms with van der Waals surface area (Å²) in [5, 5.41) is 9.38. The van der Waals surface area contributed by atoms with Crippen molar-refractivity contribution in [2.75, 3.05) is 4.90 Å². The Morgan fingerprint density at radius 2 is 1.06 bits per heavy atom. The number of furan rings is 1. The highest BCUT2D eigenvalue weighted by Gasteiger charge is 2.22. The van der Waals surface area contributed by atoms with E-state index in [1.807, 2.05) is 0 Å². The van der Waals surface area contributed by atoms with Gasteiger partial charge in [0, 0.05) is 38.6 Å². The first kappa shape index (κ1) is 29.6. The summed E-state index contributed by atoms with van der Waals surface area (Å²) in [7, 11) is 0. The molecule has 3 heteroatoms. The minimum Gasteiger partial charge on any atom is -0.455 e. The number of hydrogen-bond acceptors (Lipinski definition) is 2. The molecule has 0 aliphatic carbocycles. The minimum atomic E-state index is 0.867. The SMILES string of the molecule is c1ccc(-c2ccc(N(c3ccc4c5ccccc5n(-c5ccc6ccccc6c5)c4c3)c3cccc4oc5c6ccccc6ccc5c34)cc2)cc1. The molecule has 11 rings (SSSR count). The maximum Gasteiger partial charge on any atom is 0.143 e. The van der Waals surface area contributed by atoms with Crippen molar-refractivity contribution in [2.45, 2.75) is 0 Å². The van der Waals surface area contributed by atoms with E-state index in [1.165, 1.54) is 43.6 Å². The molecule has 248 valence electrons. The zero-order valence-electron chi connectivity index (χ0n) is 28.8. The van der Waals surface area contributed by atoms with Crippen molar-refractivity contribution in [2.24, 2.45) is 0 Å². The molecule has 2 aromatic heterocycles. The maximum absolute atomic E-state index is 6.70. The molecule has 11 aromatic rings. The Balaban J connectivity index is 1.18. The number of fused-ring (bicyclic) bond motifs is 9. The first-order valence-electron chi connectivity index (χ1n) is 18.1. The van der Waals surface area contributed by atoms with Crippen LogP contribution in [0.5, 0.6) is 0 Å². The monoisotopic (exact) mass is 676 g/mol. The maximum atomic E-state index is 6.70. The summed E-state index contributed by atoms with van der Waals surface area (Å²) >= 11 is 0. The zero-order chi connectivity index (χ0) is 34.9. The smallest absolute Gasteiger partial charge is 0.143 e. The molecular weight excluding hydrogens is 645 g/mol. The molecule has 2 heterocycles. The van der Waals surface area contributed by atoms with Gasteiger partial charge in [0.2, 0.25) is 0 Å². The molecule has 3 nitrogen and oxygen atoms in total. The van der Waals surface area contributed by atoms with E-state index in [-0.39, 0.29) is 0 Å². The summed E-state index contributed by atoms with van der Waals surface area (Å²) in [6.07, 6.45) is 0. The Hall–Kier alpha value is -7.10. The first-order valence-corrected chi connectivity index (χ1v) is 18.1. The Kier molecular flexibility index (Phi) is 6.55. The average Bonchev–Trinajstić information content (AvgIpc) is 3.78. The lowest BCUT2D eigenvalue weighted by Crippen LogP contribution is -2.10. The number of nitrogens with zero attached hydrogens (tertiary/aromatic N) is 2. The molecule has 0 atom stereocenters. The van der Waals surface area contributed by atoms with E-state index in [1.54, 1.807) is 0 Å². The fraction of sp³-hybridized carbons (Fsp3) is 0. The van der Waals surface area contributed by atoms with E-state index in [2.05, 4.69) is 204 Å². The van der Waals surface area contributed by atoms with Crippen molar-refractivity contribution in [3.63, 3.8) is 0 Å². The van der Waals surface area contributed by atoms with Crippen LogP contribution < -0.4 is 4.90 Å². The van der Waals surface area contributed by atoms with E-state index in [0.717, 1.165) is 55.6 Å². The lowest BCUT2D eigenvalue weighted by atomic mass is 10.0. The van der Waals surface area contributed by atoms with E-state index < -0.39 is 0 Å². The Bertz CT molecular complexity index is 3170. The minimum absolute atomic E-state index is 0.867. The molecule has 0 aliphatic heterocycles. The van der Waals surface area contributed by atoms with Crippen molar-refractivity contribution in [3.8, 4) is 16.8 Å². The third-order valence-corrected chi connectivity index (χ3v) is 10.7.